The summed E-state index contributed by atoms with van der Waals surface area (Å²) < 4.78 is 0.958. The molecule has 2 aliphatic rings. The number of rotatable bonds is 3. The summed E-state index contributed by atoms with van der Waals surface area (Å²) in [5.41, 5.74) is 1.13. The van der Waals surface area contributed by atoms with Crippen LogP contribution in [0.5, 0.6) is 0 Å². The average molecular weight is 602 g/mol. The maximum atomic E-state index is 12.9. The SMILES string of the molecule is CC1(C)N=C(c2ccc(C#Cc3cc(C#Cc4ccc(C5=NC(C)(C)C(C)(C)[N+]5=O)cc4)cc([N+](=O)[O-])c3)cc2)N([O-])C1(C)C. The summed E-state index contributed by atoms with van der Waals surface area (Å²) in [6.45, 7) is 15.3. The molecular formula is C36H35N5O4. The van der Waals surface area contributed by atoms with Crippen LogP contribution < -0.4 is 0 Å². The highest BCUT2D eigenvalue weighted by molar-refractivity contribution is 6.01. The number of nitroso groups, excluding NO2 is 1. The normalized spacial score (nSPS) is 18.7. The molecule has 2 aliphatic heterocycles. The molecule has 0 radical (unpaired) electrons. The molecule has 0 fully saturated rings. The quantitative estimate of drug-likeness (QED) is 0.145. The summed E-state index contributed by atoms with van der Waals surface area (Å²) in [4.78, 5) is 33.4. The second-order valence-corrected chi connectivity index (χ2v) is 13.4. The summed E-state index contributed by atoms with van der Waals surface area (Å²) in [5, 5.41) is 25.5. The lowest BCUT2D eigenvalue weighted by Crippen LogP contribution is -2.50. The molecule has 3 aromatic rings. The molecule has 9 heteroatoms. The zero-order valence-corrected chi connectivity index (χ0v) is 26.7. The Kier molecular flexibility index (Phi) is 7.51. The fourth-order valence-corrected chi connectivity index (χ4v) is 4.84. The Morgan fingerprint density at radius 1 is 0.689 bits per heavy atom. The van der Waals surface area contributed by atoms with Crippen LogP contribution in [0, 0.1) is 43.9 Å². The van der Waals surface area contributed by atoms with Crippen LogP contribution in [0.25, 0.3) is 0 Å². The van der Waals surface area contributed by atoms with Crippen molar-refractivity contribution >= 4 is 17.4 Å². The predicted molar refractivity (Wildman–Crippen MR) is 176 cm³/mol. The lowest BCUT2D eigenvalue weighted by atomic mass is 9.84. The first kappa shape index (κ1) is 31.3. The lowest BCUT2D eigenvalue weighted by molar-refractivity contribution is -0.514. The van der Waals surface area contributed by atoms with Crippen molar-refractivity contribution in [2.24, 2.45) is 9.98 Å². The van der Waals surface area contributed by atoms with Crippen molar-refractivity contribution in [3.63, 3.8) is 0 Å². The molecule has 45 heavy (non-hydrogen) atoms. The van der Waals surface area contributed by atoms with Gasteiger partial charge >= 0.3 is 5.84 Å². The van der Waals surface area contributed by atoms with Gasteiger partial charge in [0.1, 0.15) is 5.84 Å². The Hall–Kier alpha value is -5.12. The van der Waals surface area contributed by atoms with E-state index in [1.165, 1.54) is 12.1 Å². The third-order valence-electron chi connectivity index (χ3n) is 9.28. The zero-order chi connectivity index (χ0) is 32.9. The maximum absolute atomic E-state index is 12.9. The number of non-ortho nitro benzene ring substituents is 1. The van der Waals surface area contributed by atoms with Gasteiger partial charge in [0.2, 0.25) is 0 Å². The molecule has 0 N–H and O–H groups in total. The molecule has 2 heterocycles. The standard InChI is InChI=1S/C36H35N5O4/c1-33(2)35(5,6)39(42)31(37-33)28-17-13-24(14-18-28)9-11-26-21-27(23-30(22-26)41(44)45)12-10-25-15-19-29(20-16-25)32-38-34(3,4)36(7,8)40(32)43/h13-23H,1-8H3. The van der Waals surface area contributed by atoms with E-state index in [1.54, 1.807) is 54.6 Å². The Morgan fingerprint density at radius 3 is 1.56 bits per heavy atom. The fourth-order valence-electron chi connectivity index (χ4n) is 4.84. The first-order chi connectivity index (χ1) is 20.9. The minimum absolute atomic E-state index is 0.114. The van der Waals surface area contributed by atoms with Gasteiger partial charge in [0.25, 0.3) is 5.69 Å². The van der Waals surface area contributed by atoms with Crippen LogP contribution in [-0.2, 0) is 0 Å². The van der Waals surface area contributed by atoms with Gasteiger partial charge in [-0.05, 0) is 103 Å². The summed E-state index contributed by atoms with van der Waals surface area (Å²) >= 11 is 0. The monoisotopic (exact) mass is 601 g/mol. The molecule has 0 aliphatic carbocycles. The minimum atomic E-state index is -0.674. The third-order valence-corrected chi connectivity index (χ3v) is 9.28. The summed E-state index contributed by atoms with van der Waals surface area (Å²) in [6, 6.07) is 18.9. The van der Waals surface area contributed by atoms with Gasteiger partial charge in [-0.2, -0.15) is 0 Å². The van der Waals surface area contributed by atoms with Gasteiger partial charge in [0.15, 0.2) is 11.1 Å². The van der Waals surface area contributed by atoms with Crippen molar-refractivity contribution in [3.8, 4) is 23.7 Å². The Morgan fingerprint density at radius 2 is 1.16 bits per heavy atom. The van der Waals surface area contributed by atoms with E-state index in [2.05, 4.69) is 33.7 Å². The Labute approximate surface area is 263 Å². The van der Waals surface area contributed by atoms with E-state index in [1.807, 2.05) is 55.4 Å². The number of benzene rings is 3. The summed E-state index contributed by atoms with van der Waals surface area (Å²) in [6.07, 6.45) is 0. The van der Waals surface area contributed by atoms with E-state index in [9.17, 15) is 20.2 Å². The fraction of sp³-hybridized carbons (Fsp3) is 0.333. The molecule has 228 valence electrons. The molecule has 3 aromatic carbocycles. The van der Waals surface area contributed by atoms with Crippen LogP contribution in [0.4, 0.5) is 5.69 Å². The first-order valence-electron chi connectivity index (χ1n) is 14.6. The number of hydroxylamine groups is 2. The molecule has 0 unspecified atom stereocenters. The molecule has 5 rings (SSSR count). The van der Waals surface area contributed by atoms with Gasteiger partial charge < -0.3 is 10.3 Å². The van der Waals surface area contributed by atoms with Crippen LogP contribution in [0.2, 0.25) is 0 Å². The van der Waals surface area contributed by atoms with E-state index >= 15 is 0 Å². The smallest absolute Gasteiger partial charge is 0.364 e. The highest BCUT2D eigenvalue weighted by Crippen LogP contribution is 2.38. The lowest BCUT2D eigenvalue weighted by Gasteiger charge is -2.45. The number of nitro groups is 1. The van der Waals surface area contributed by atoms with Crippen molar-refractivity contribution in [2.75, 3.05) is 0 Å². The molecule has 9 nitrogen and oxygen atoms in total. The highest BCUT2D eigenvalue weighted by atomic mass is 16.6. The van der Waals surface area contributed by atoms with Crippen molar-refractivity contribution in [1.29, 1.82) is 0 Å². The van der Waals surface area contributed by atoms with Gasteiger partial charge in [0.05, 0.1) is 16.0 Å². The minimum Gasteiger partial charge on any atom is -0.757 e. The first-order valence-corrected chi connectivity index (χ1v) is 14.6. The maximum Gasteiger partial charge on any atom is 0.364 e. The van der Waals surface area contributed by atoms with Gasteiger partial charge in [-0.3, -0.25) is 15.1 Å². The molecule has 0 amide bonds. The molecule has 0 saturated heterocycles. The van der Waals surface area contributed by atoms with E-state index in [-0.39, 0.29) is 5.69 Å². The van der Waals surface area contributed by atoms with E-state index in [0.29, 0.717) is 45.1 Å². The number of amidine groups is 2. The summed E-state index contributed by atoms with van der Waals surface area (Å²) in [7, 11) is 0. The van der Waals surface area contributed by atoms with Gasteiger partial charge in [-0.15, -0.1) is 0 Å². The van der Waals surface area contributed by atoms with Crippen LogP contribution in [0.15, 0.2) is 76.7 Å². The number of nitrogens with zero attached hydrogens (tertiary/aromatic N) is 5. The average Bonchev–Trinajstić information content (AvgIpc) is 3.26. The number of aliphatic imine (C=N–C) groups is 2. The molecule has 0 atom stereocenters. The highest BCUT2D eigenvalue weighted by Gasteiger charge is 2.59. The molecule has 0 spiro atoms. The van der Waals surface area contributed by atoms with Gasteiger partial charge in [-0.25, -0.2) is 0 Å². The van der Waals surface area contributed by atoms with Crippen LogP contribution in [0.1, 0.15) is 88.8 Å². The Bertz CT molecular complexity index is 1910. The van der Waals surface area contributed by atoms with Crippen LogP contribution >= 0.6 is 0 Å². The summed E-state index contributed by atoms with van der Waals surface area (Å²) in [5.74, 6) is 12.9. The largest absolute Gasteiger partial charge is 0.757 e. The molecular weight excluding hydrogens is 566 g/mol. The van der Waals surface area contributed by atoms with Gasteiger partial charge in [0, 0.05) is 45.5 Å². The van der Waals surface area contributed by atoms with Crippen LogP contribution in [0.3, 0.4) is 0 Å². The van der Waals surface area contributed by atoms with Crippen molar-refractivity contribution in [2.45, 2.75) is 77.5 Å². The topological polar surface area (TPSA) is 114 Å². The molecule has 0 aromatic heterocycles. The van der Waals surface area contributed by atoms with E-state index in [4.69, 9.17) is 0 Å². The van der Waals surface area contributed by atoms with Crippen molar-refractivity contribution in [1.82, 2.24) is 5.06 Å². The van der Waals surface area contributed by atoms with Gasteiger partial charge in [-0.1, -0.05) is 45.7 Å². The Balaban J connectivity index is 1.37. The van der Waals surface area contributed by atoms with Crippen molar-refractivity contribution in [3.05, 3.63) is 120 Å². The third kappa shape index (κ3) is 5.63. The second-order valence-electron chi connectivity index (χ2n) is 13.4. The van der Waals surface area contributed by atoms with E-state index < -0.39 is 27.1 Å². The predicted octanol–water partition coefficient (Wildman–Crippen LogP) is 6.61. The number of hydrogen-bond donors (Lipinski definition) is 0. The second kappa shape index (κ2) is 10.8. The number of nitro benzene ring substituents is 1. The zero-order valence-electron chi connectivity index (χ0n) is 26.7. The molecule has 0 saturated carbocycles. The number of hydrogen-bond acceptors (Lipinski definition) is 7. The van der Waals surface area contributed by atoms with E-state index in [0.717, 1.165) is 9.82 Å². The molecule has 0 bridgehead atoms. The van der Waals surface area contributed by atoms with Crippen molar-refractivity contribution < 1.29 is 9.68 Å². The van der Waals surface area contributed by atoms with Crippen LogP contribution in [-0.4, -0.2) is 48.6 Å².